The summed E-state index contributed by atoms with van der Waals surface area (Å²) in [5.41, 5.74) is 0.515. The molecule has 2 aliphatic rings. The van der Waals surface area contributed by atoms with E-state index in [1.54, 1.807) is 12.0 Å². The van der Waals surface area contributed by atoms with Crippen LogP contribution in [0.1, 0.15) is 26.2 Å². The Morgan fingerprint density at radius 1 is 1.50 bits per heavy atom. The zero-order valence-corrected chi connectivity index (χ0v) is 10.5. The summed E-state index contributed by atoms with van der Waals surface area (Å²) >= 11 is 0. The predicted octanol–water partition coefficient (Wildman–Crippen LogP) is 1.56. The van der Waals surface area contributed by atoms with Crippen molar-refractivity contribution >= 4 is 6.03 Å². The summed E-state index contributed by atoms with van der Waals surface area (Å²) in [4.78, 5) is 16.0. The number of urea groups is 1. The number of carbonyl (C=O) groups is 1. The van der Waals surface area contributed by atoms with Crippen LogP contribution in [0.5, 0.6) is 0 Å². The Balaban J connectivity index is 1.87. The van der Waals surface area contributed by atoms with E-state index in [1.807, 2.05) is 18.9 Å². The van der Waals surface area contributed by atoms with E-state index in [2.05, 4.69) is 0 Å². The zero-order chi connectivity index (χ0) is 11.8. The maximum atomic E-state index is 12.2. The molecule has 2 amide bonds. The molecule has 0 N–H and O–H groups in total. The lowest BCUT2D eigenvalue weighted by atomic mass is 10.1. The fourth-order valence-corrected chi connectivity index (χ4v) is 2.45. The van der Waals surface area contributed by atoms with Crippen LogP contribution in [0.2, 0.25) is 0 Å². The third-order valence-corrected chi connectivity index (χ3v) is 4.04. The second kappa shape index (κ2) is 4.24. The fourth-order valence-electron chi connectivity index (χ4n) is 2.45. The van der Waals surface area contributed by atoms with Gasteiger partial charge in [0.25, 0.3) is 0 Å². The highest BCUT2D eigenvalue weighted by Gasteiger charge is 2.49. The van der Waals surface area contributed by atoms with E-state index in [4.69, 9.17) is 4.74 Å². The van der Waals surface area contributed by atoms with Crippen molar-refractivity contribution in [3.63, 3.8) is 0 Å². The molecule has 1 aliphatic carbocycles. The molecule has 92 valence electrons. The van der Waals surface area contributed by atoms with Crippen LogP contribution in [-0.2, 0) is 4.74 Å². The van der Waals surface area contributed by atoms with Crippen molar-refractivity contribution in [2.24, 2.45) is 5.41 Å². The molecule has 1 aliphatic heterocycles. The molecule has 4 heteroatoms. The molecule has 2 rings (SSSR count). The molecule has 2 fully saturated rings. The van der Waals surface area contributed by atoms with Gasteiger partial charge in [-0.2, -0.15) is 0 Å². The number of carbonyl (C=O) groups excluding carboxylic acids is 1. The average molecular weight is 226 g/mol. The number of likely N-dealkylation sites (N-methyl/N-ethyl adjacent to an activating group) is 1. The van der Waals surface area contributed by atoms with E-state index in [-0.39, 0.29) is 12.1 Å². The van der Waals surface area contributed by atoms with Gasteiger partial charge >= 0.3 is 6.03 Å². The van der Waals surface area contributed by atoms with Crippen molar-refractivity contribution < 1.29 is 9.53 Å². The first kappa shape index (κ1) is 11.7. The lowest BCUT2D eigenvalue weighted by Gasteiger charge is -2.29. The van der Waals surface area contributed by atoms with Crippen molar-refractivity contribution in [3.05, 3.63) is 0 Å². The SMILES string of the molecule is COC[C@@H](C)N(C)C(=O)N1CCC2(CC2)C1. The van der Waals surface area contributed by atoms with E-state index in [0.29, 0.717) is 12.0 Å². The summed E-state index contributed by atoms with van der Waals surface area (Å²) in [6, 6.07) is 0.307. The van der Waals surface area contributed by atoms with Gasteiger partial charge in [0.1, 0.15) is 0 Å². The lowest BCUT2D eigenvalue weighted by molar-refractivity contribution is 0.108. The number of ether oxygens (including phenoxy) is 1. The molecule has 1 atom stereocenters. The first-order valence-electron chi connectivity index (χ1n) is 6.09. The average Bonchev–Trinajstić information content (AvgIpc) is 2.87. The van der Waals surface area contributed by atoms with E-state index >= 15 is 0 Å². The summed E-state index contributed by atoms with van der Waals surface area (Å²) in [6.45, 7) is 4.52. The highest BCUT2D eigenvalue weighted by Crippen LogP contribution is 2.52. The first-order valence-corrected chi connectivity index (χ1v) is 6.09. The summed E-state index contributed by atoms with van der Waals surface area (Å²) in [5, 5.41) is 0. The molecule has 0 radical (unpaired) electrons. The molecular formula is C12H22N2O2. The Kier molecular flexibility index (Phi) is 3.10. The lowest BCUT2D eigenvalue weighted by Crippen LogP contribution is -2.45. The molecule has 0 bridgehead atoms. The fraction of sp³-hybridized carbons (Fsp3) is 0.917. The maximum Gasteiger partial charge on any atom is 0.320 e. The van der Waals surface area contributed by atoms with Crippen LogP contribution in [0.4, 0.5) is 4.79 Å². The van der Waals surface area contributed by atoms with Gasteiger partial charge in [0.2, 0.25) is 0 Å². The Bertz CT molecular complexity index is 276. The monoisotopic (exact) mass is 226 g/mol. The van der Waals surface area contributed by atoms with E-state index in [9.17, 15) is 4.79 Å². The van der Waals surface area contributed by atoms with Gasteiger partial charge in [-0.3, -0.25) is 0 Å². The van der Waals surface area contributed by atoms with Crippen LogP contribution < -0.4 is 0 Å². The number of hydrogen-bond donors (Lipinski definition) is 0. The third kappa shape index (κ3) is 2.17. The molecule has 0 aromatic carbocycles. The molecule has 0 aromatic heterocycles. The van der Waals surface area contributed by atoms with Gasteiger partial charge in [-0.15, -0.1) is 0 Å². The summed E-state index contributed by atoms with van der Waals surface area (Å²) in [6.07, 6.45) is 3.83. The molecule has 0 aromatic rings. The van der Waals surface area contributed by atoms with Crippen molar-refractivity contribution in [2.75, 3.05) is 33.9 Å². The minimum Gasteiger partial charge on any atom is -0.383 e. The number of hydrogen-bond acceptors (Lipinski definition) is 2. The summed E-state index contributed by atoms with van der Waals surface area (Å²) in [7, 11) is 3.54. The first-order chi connectivity index (χ1) is 7.58. The van der Waals surface area contributed by atoms with Gasteiger partial charge in [-0.25, -0.2) is 4.79 Å². The maximum absolute atomic E-state index is 12.2. The predicted molar refractivity (Wildman–Crippen MR) is 62.4 cm³/mol. The van der Waals surface area contributed by atoms with Crippen LogP contribution in [0.25, 0.3) is 0 Å². The number of methoxy groups -OCH3 is 1. The van der Waals surface area contributed by atoms with Gasteiger partial charge in [-0.05, 0) is 31.6 Å². The van der Waals surface area contributed by atoms with Crippen LogP contribution in [0, 0.1) is 5.41 Å². The van der Waals surface area contributed by atoms with Crippen LogP contribution >= 0.6 is 0 Å². The third-order valence-electron chi connectivity index (χ3n) is 4.04. The van der Waals surface area contributed by atoms with E-state index in [0.717, 1.165) is 13.1 Å². The van der Waals surface area contributed by atoms with Gasteiger partial charge in [0.15, 0.2) is 0 Å². The highest BCUT2D eigenvalue weighted by molar-refractivity contribution is 5.75. The normalized spacial score (nSPS) is 23.6. The number of likely N-dealkylation sites (tertiary alicyclic amines) is 1. The smallest absolute Gasteiger partial charge is 0.320 e. The van der Waals surface area contributed by atoms with Crippen molar-refractivity contribution in [1.82, 2.24) is 9.80 Å². The van der Waals surface area contributed by atoms with E-state index in [1.165, 1.54) is 19.3 Å². The Hall–Kier alpha value is -0.770. The van der Waals surface area contributed by atoms with Crippen molar-refractivity contribution in [1.29, 1.82) is 0 Å². The molecule has 1 saturated heterocycles. The topological polar surface area (TPSA) is 32.8 Å². The summed E-state index contributed by atoms with van der Waals surface area (Å²) < 4.78 is 5.08. The minimum absolute atomic E-state index is 0.147. The van der Waals surface area contributed by atoms with Crippen molar-refractivity contribution in [3.8, 4) is 0 Å². The van der Waals surface area contributed by atoms with Crippen LogP contribution in [0.15, 0.2) is 0 Å². The molecule has 1 saturated carbocycles. The Labute approximate surface area is 97.5 Å². The van der Waals surface area contributed by atoms with E-state index < -0.39 is 0 Å². The largest absolute Gasteiger partial charge is 0.383 e. The standard InChI is InChI=1S/C12H22N2O2/c1-10(8-16-3)13(2)11(15)14-7-6-12(9-14)4-5-12/h10H,4-9H2,1-3H3/t10-/m1/s1. The Morgan fingerprint density at radius 2 is 2.19 bits per heavy atom. The number of amides is 2. The zero-order valence-electron chi connectivity index (χ0n) is 10.5. The van der Waals surface area contributed by atoms with Crippen LogP contribution in [-0.4, -0.2) is 55.7 Å². The number of rotatable bonds is 3. The molecule has 4 nitrogen and oxygen atoms in total. The minimum atomic E-state index is 0.147. The van der Waals surface area contributed by atoms with Crippen LogP contribution in [0.3, 0.4) is 0 Å². The highest BCUT2D eigenvalue weighted by atomic mass is 16.5. The summed E-state index contributed by atoms with van der Waals surface area (Å²) in [5.74, 6) is 0. The van der Waals surface area contributed by atoms with Gasteiger partial charge < -0.3 is 14.5 Å². The second-order valence-corrected chi connectivity index (χ2v) is 5.37. The molecular weight excluding hydrogens is 204 g/mol. The quantitative estimate of drug-likeness (QED) is 0.731. The molecule has 0 unspecified atom stereocenters. The molecule has 16 heavy (non-hydrogen) atoms. The van der Waals surface area contributed by atoms with Gasteiger partial charge in [-0.1, -0.05) is 0 Å². The van der Waals surface area contributed by atoms with Gasteiger partial charge in [0, 0.05) is 27.2 Å². The number of nitrogens with zero attached hydrogens (tertiary/aromatic N) is 2. The van der Waals surface area contributed by atoms with Crippen molar-refractivity contribution in [2.45, 2.75) is 32.2 Å². The Morgan fingerprint density at radius 3 is 2.69 bits per heavy atom. The molecule has 1 heterocycles. The van der Waals surface area contributed by atoms with Gasteiger partial charge in [0.05, 0.1) is 12.6 Å². The molecule has 1 spiro atoms. The second-order valence-electron chi connectivity index (χ2n) is 5.37.